The Labute approximate surface area is 156 Å². The number of hydrogen-bond acceptors (Lipinski definition) is 1. The Kier molecular flexibility index (Phi) is 6.95. The van der Waals surface area contributed by atoms with Gasteiger partial charge in [0.25, 0.3) is 0 Å². The third-order valence-electron chi connectivity index (χ3n) is 3.49. The third kappa shape index (κ3) is 3.82. The Morgan fingerprint density at radius 3 is 1.06 bits per heavy atom. The molecule has 0 amide bonds. The molecule has 0 aliphatic rings. The lowest BCUT2D eigenvalue weighted by molar-refractivity contribution is -0.463. The van der Waals surface area contributed by atoms with E-state index >= 15 is 0 Å². The average Bonchev–Trinajstić information content (AvgIpc) is 2.51. The van der Waals surface area contributed by atoms with Gasteiger partial charge >= 0.3 is 53.6 Å². The van der Waals surface area contributed by atoms with Crippen molar-refractivity contribution in [3.05, 3.63) is 0 Å². The van der Waals surface area contributed by atoms with E-state index in [0.717, 1.165) is 0 Å². The standard InChI is InChI=1S/C11H4F18O2/c12-2(1-3(30)31)4(13,14)5(15,16)6(17,18)7(19,20)8(21,22)9(23,24)10(25,26)11(27,28)29/h2H,1H2,(H,30,31). The Bertz CT molecular complexity index is 676. The van der Waals surface area contributed by atoms with Crippen LogP contribution in [0.5, 0.6) is 0 Å². The Balaban J connectivity index is 6.73. The lowest BCUT2D eigenvalue weighted by Crippen LogP contribution is -2.75. The molecule has 2 nitrogen and oxygen atoms in total. The van der Waals surface area contributed by atoms with Crippen molar-refractivity contribution in [2.45, 2.75) is 60.2 Å². The predicted molar refractivity (Wildman–Crippen MR) is 57.8 cm³/mol. The number of carbonyl (C=O) groups is 1. The van der Waals surface area contributed by atoms with E-state index in [4.69, 9.17) is 5.11 Å². The van der Waals surface area contributed by atoms with E-state index in [2.05, 4.69) is 0 Å². The van der Waals surface area contributed by atoms with Crippen molar-refractivity contribution in [1.29, 1.82) is 0 Å². The maximum Gasteiger partial charge on any atom is 0.460 e. The van der Waals surface area contributed by atoms with Gasteiger partial charge in [-0.15, -0.1) is 0 Å². The van der Waals surface area contributed by atoms with Crippen LogP contribution in [0.1, 0.15) is 6.42 Å². The van der Waals surface area contributed by atoms with Crippen molar-refractivity contribution in [3.63, 3.8) is 0 Å². The summed E-state index contributed by atoms with van der Waals surface area (Å²) in [5, 5.41) is 7.91. The fraction of sp³-hybridized carbons (Fsp3) is 0.909. The van der Waals surface area contributed by atoms with Crippen molar-refractivity contribution in [2.75, 3.05) is 0 Å². The smallest absolute Gasteiger partial charge is 0.460 e. The largest absolute Gasteiger partial charge is 0.481 e. The molecule has 0 saturated carbocycles. The van der Waals surface area contributed by atoms with Crippen LogP contribution in [0.25, 0.3) is 0 Å². The molecule has 0 spiro atoms. The van der Waals surface area contributed by atoms with Gasteiger partial charge in [-0.1, -0.05) is 0 Å². The molecule has 20 heteroatoms. The van der Waals surface area contributed by atoms with E-state index in [-0.39, 0.29) is 0 Å². The lowest BCUT2D eigenvalue weighted by Gasteiger charge is -2.43. The van der Waals surface area contributed by atoms with Crippen LogP contribution >= 0.6 is 0 Å². The van der Waals surface area contributed by atoms with Crippen molar-refractivity contribution >= 4 is 5.97 Å². The van der Waals surface area contributed by atoms with Crippen molar-refractivity contribution < 1.29 is 88.9 Å². The number of carboxylic acids is 1. The first kappa shape index (κ1) is 29.2. The maximum atomic E-state index is 13.2. The highest BCUT2D eigenvalue weighted by Gasteiger charge is 2.95. The van der Waals surface area contributed by atoms with Gasteiger partial charge in [0.15, 0.2) is 6.17 Å². The molecule has 0 heterocycles. The van der Waals surface area contributed by atoms with Crippen LogP contribution in [0.15, 0.2) is 0 Å². The normalized spacial score (nSPS) is 17.0. The third-order valence-corrected chi connectivity index (χ3v) is 3.49. The van der Waals surface area contributed by atoms with Gasteiger partial charge in [0.2, 0.25) is 0 Å². The summed E-state index contributed by atoms with van der Waals surface area (Å²) in [6.07, 6.45) is -15.8. The summed E-state index contributed by atoms with van der Waals surface area (Å²) < 4.78 is 231. The first-order valence-corrected chi connectivity index (χ1v) is 6.66. The molecule has 0 aromatic heterocycles. The molecule has 0 aliphatic carbocycles. The van der Waals surface area contributed by atoms with Crippen LogP contribution in [0.3, 0.4) is 0 Å². The Hall–Kier alpha value is -1.79. The van der Waals surface area contributed by atoms with Crippen LogP contribution in [-0.2, 0) is 4.79 Å². The number of hydrogen-bond donors (Lipinski definition) is 1. The summed E-state index contributed by atoms with van der Waals surface area (Å²) in [6, 6.07) is 0. The minimum Gasteiger partial charge on any atom is -0.481 e. The van der Waals surface area contributed by atoms with E-state index in [9.17, 15) is 83.8 Å². The second-order valence-electron chi connectivity index (χ2n) is 5.63. The van der Waals surface area contributed by atoms with Crippen LogP contribution in [0.4, 0.5) is 79.0 Å². The number of carboxylic acid groups (broad SMARTS) is 1. The summed E-state index contributed by atoms with van der Waals surface area (Å²) in [4.78, 5) is 9.96. The molecule has 0 rings (SSSR count). The van der Waals surface area contributed by atoms with E-state index in [1.54, 1.807) is 0 Å². The molecule has 0 radical (unpaired) electrons. The van der Waals surface area contributed by atoms with E-state index in [1.807, 2.05) is 0 Å². The van der Waals surface area contributed by atoms with Crippen LogP contribution in [0, 0.1) is 0 Å². The monoisotopic (exact) mass is 510 g/mol. The van der Waals surface area contributed by atoms with E-state index in [1.165, 1.54) is 0 Å². The number of alkyl halides is 18. The van der Waals surface area contributed by atoms with Gasteiger partial charge in [-0.3, -0.25) is 4.79 Å². The minimum atomic E-state index is -8.83. The van der Waals surface area contributed by atoms with Gasteiger partial charge in [-0.25, -0.2) is 4.39 Å². The maximum absolute atomic E-state index is 13.2. The van der Waals surface area contributed by atoms with E-state index in [0.29, 0.717) is 0 Å². The molecule has 0 aromatic carbocycles. The summed E-state index contributed by atoms with van der Waals surface area (Å²) >= 11 is 0. The van der Waals surface area contributed by atoms with Crippen molar-refractivity contribution in [3.8, 4) is 0 Å². The first-order valence-electron chi connectivity index (χ1n) is 6.66. The van der Waals surface area contributed by atoms with Crippen molar-refractivity contribution in [1.82, 2.24) is 0 Å². The Morgan fingerprint density at radius 1 is 0.548 bits per heavy atom. The molecule has 0 aliphatic heterocycles. The molecular formula is C11H4F18O2. The number of aliphatic carboxylic acids is 1. The fourth-order valence-electron chi connectivity index (χ4n) is 1.65. The Morgan fingerprint density at radius 2 is 0.806 bits per heavy atom. The summed E-state index contributed by atoms with van der Waals surface area (Å²) in [5.74, 6) is -61.7. The molecule has 1 unspecified atom stereocenters. The van der Waals surface area contributed by atoms with Crippen LogP contribution < -0.4 is 0 Å². The zero-order valence-electron chi connectivity index (χ0n) is 13.4. The molecule has 186 valence electrons. The highest BCUT2D eigenvalue weighted by molar-refractivity contribution is 5.67. The SMILES string of the molecule is O=C(O)CC(F)C(F)(F)C(F)(F)C(F)(F)C(F)(F)C(F)(F)C(F)(F)C(F)(F)C(F)(F)F. The van der Waals surface area contributed by atoms with Crippen molar-refractivity contribution in [2.24, 2.45) is 0 Å². The highest BCUT2D eigenvalue weighted by atomic mass is 19.4. The summed E-state index contributed by atoms with van der Waals surface area (Å²) in [7, 11) is 0. The summed E-state index contributed by atoms with van der Waals surface area (Å²) in [5.41, 5.74) is 0. The highest BCUT2D eigenvalue weighted by Crippen LogP contribution is 2.64. The molecule has 31 heavy (non-hydrogen) atoms. The quantitative estimate of drug-likeness (QED) is 0.398. The van der Waals surface area contributed by atoms with Gasteiger partial charge in [0.05, 0.1) is 6.42 Å². The van der Waals surface area contributed by atoms with Gasteiger partial charge in [0, 0.05) is 0 Å². The predicted octanol–water partition coefficient (Wildman–Crippen LogP) is 5.81. The number of rotatable bonds is 9. The molecule has 0 fully saturated rings. The summed E-state index contributed by atoms with van der Waals surface area (Å²) in [6.45, 7) is 0. The van der Waals surface area contributed by atoms with Crippen LogP contribution in [0.2, 0.25) is 0 Å². The molecule has 0 saturated heterocycles. The van der Waals surface area contributed by atoms with Gasteiger partial charge in [-0.05, 0) is 0 Å². The molecule has 0 bridgehead atoms. The molecular weight excluding hydrogens is 506 g/mol. The second kappa shape index (κ2) is 7.38. The van der Waals surface area contributed by atoms with Gasteiger partial charge < -0.3 is 5.11 Å². The molecule has 1 atom stereocenters. The van der Waals surface area contributed by atoms with Crippen LogP contribution in [-0.4, -0.2) is 64.9 Å². The average molecular weight is 510 g/mol. The zero-order chi connectivity index (χ0) is 25.9. The number of halogens is 18. The zero-order valence-corrected chi connectivity index (χ0v) is 13.4. The first-order chi connectivity index (χ1) is 13.1. The second-order valence-corrected chi connectivity index (χ2v) is 5.63. The topological polar surface area (TPSA) is 37.3 Å². The molecule has 1 N–H and O–H groups in total. The fourth-order valence-corrected chi connectivity index (χ4v) is 1.65. The van der Waals surface area contributed by atoms with E-state index < -0.39 is 66.2 Å². The van der Waals surface area contributed by atoms with Gasteiger partial charge in [-0.2, -0.15) is 74.6 Å². The van der Waals surface area contributed by atoms with Gasteiger partial charge in [0.1, 0.15) is 0 Å². The molecule has 0 aromatic rings. The minimum absolute atomic E-state index is 2.82. The lowest BCUT2D eigenvalue weighted by atomic mass is 9.87.